The fraction of sp³-hybridized carbons (Fsp3) is 0.133. The molecular formula is C15H15N3O. The fourth-order valence-corrected chi connectivity index (χ4v) is 1.91. The Kier molecular flexibility index (Phi) is 3.54. The summed E-state index contributed by atoms with van der Waals surface area (Å²) < 4.78 is 1.99. The van der Waals surface area contributed by atoms with Crippen LogP contribution in [0.15, 0.2) is 60.9 Å². The molecule has 0 spiro atoms. The summed E-state index contributed by atoms with van der Waals surface area (Å²) in [5, 5.41) is 0. The number of pyridine rings is 1. The first-order valence-electron chi connectivity index (χ1n) is 6.23. The molecule has 0 unspecified atom stereocenters. The van der Waals surface area contributed by atoms with Crippen LogP contribution in [-0.2, 0) is 18.0 Å². The maximum absolute atomic E-state index is 5.42. The molecule has 3 rings (SSSR count). The first-order chi connectivity index (χ1) is 9.42. The molecule has 0 saturated heterocycles. The van der Waals surface area contributed by atoms with Gasteiger partial charge in [-0.05, 0) is 17.7 Å². The van der Waals surface area contributed by atoms with Crippen molar-refractivity contribution in [2.24, 2.45) is 0 Å². The van der Waals surface area contributed by atoms with E-state index in [0.29, 0.717) is 13.2 Å². The number of hydroxylamine groups is 1. The molecule has 0 aliphatic carbocycles. The average Bonchev–Trinajstić information content (AvgIpc) is 2.87. The molecule has 96 valence electrons. The van der Waals surface area contributed by atoms with Crippen LogP contribution in [0.2, 0.25) is 0 Å². The van der Waals surface area contributed by atoms with E-state index in [1.54, 1.807) is 0 Å². The number of nitrogens with zero attached hydrogens (tertiary/aromatic N) is 2. The normalized spacial score (nSPS) is 10.9. The number of rotatable bonds is 5. The molecule has 4 nitrogen and oxygen atoms in total. The van der Waals surface area contributed by atoms with Crippen LogP contribution < -0.4 is 5.48 Å². The molecule has 0 amide bonds. The molecule has 1 aromatic carbocycles. The molecule has 0 radical (unpaired) electrons. The molecule has 2 aromatic heterocycles. The maximum Gasteiger partial charge on any atom is 0.137 e. The second-order valence-electron chi connectivity index (χ2n) is 4.29. The van der Waals surface area contributed by atoms with Gasteiger partial charge in [-0.2, -0.15) is 5.48 Å². The summed E-state index contributed by atoms with van der Waals surface area (Å²) in [6.45, 7) is 1.14. The molecule has 0 aliphatic rings. The van der Waals surface area contributed by atoms with Crippen molar-refractivity contribution in [2.75, 3.05) is 0 Å². The summed E-state index contributed by atoms with van der Waals surface area (Å²) in [5.74, 6) is 0. The number of hydrogen-bond donors (Lipinski definition) is 1. The molecule has 0 fully saturated rings. The highest BCUT2D eigenvalue weighted by Gasteiger charge is 2.00. The summed E-state index contributed by atoms with van der Waals surface area (Å²) in [5.41, 5.74) is 5.98. The second-order valence-corrected chi connectivity index (χ2v) is 4.29. The topological polar surface area (TPSA) is 38.6 Å². The first-order valence-corrected chi connectivity index (χ1v) is 6.23. The number of fused-ring (bicyclic) bond motifs is 1. The molecule has 0 atom stereocenters. The largest absolute Gasteiger partial charge is 0.307 e. The second kappa shape index (κ2) is 5.65. The molecule has 1 N–H and O–H groups in total. The Morgan fingerprint density at radius 3 is 2.74 bits per heavy atom. The van der Waals surface area contributed by atoms with Gasteiger partial charge >= 0.3 is 0 Å². The third-order valence-corrected chi connectivity index (χ3v) is 2.85. The van der Waals surface area contributed by atoms with E-state index in [1.807, 2.05) is 65.3 Å². The van der Waals surface area contributed by atoms with E-state index >= 15 is 0 Å². The number of imidazole rings is 1. The molecule has 0 saturated carbocycles. The Bertz CT molecular complexity index is 616. The van der Waals surface area contributed by atoms with E-state index in [-0.39, 0.29) is 0 Å². The van der Waals surface area contributed by atoms with Crippen LogP contribution in [0.5, 0.6) is 0 Å². The van der Waals surface area contributed by atoms with Crippen molar-refractivity contribution < 1.29 is 4.84 Å². The molecule has 3 aromatic rings. The maximum atomic E-state index is 5.42. The third-order valence-electron chi connectivity index (χ3n) is 2.85. The lowest BCUT2D eigenvalue weighted by molar-refractivity contribution is 0.0229. The quantitative estimate of drug-likeness (QED) is 0.561. The van der Waals surface area contributed by atoms with Gasteiger partial charge in [0, 0.05) is 12.4 Å². The summed E-state index contributed by atoms with van der Waals surface area (Å²) in [7, 11) is 0. The molecular weight excluding hydrogens is 238 g/mol. The van der Waals surface area contributed by atoms with Crippen LogP contribution >= 0.6 is 0 Å². The Balaban J connectivity index is 1.52. The lowest BCUT2D eigenvalue weighted by atomic mass is 10.2. The Morgan fingerprint density at radius 2 is 1.89 bits per heavy atom. The molecule has 19 heavy (non-hydrogen) atoms. The fourth-order valence-electron chi connectivity index (χ4n) is 1.91. The van der Waals surface area contributed by atoms with Crippen LogP contribution in [0.3, 0.4) is 0 Å². The predicted octanol–water partition coefficient (Wildman–Crippen LogP) is 2.56. The summed E-state index contributed by atoms with van der Waals surface area (Å²) in [4.78, 5) is 9.90. The lowest BCUT2D eigenvalue weighted by Crippen LogP contribution is -2.14. The first kappa shape index (κ1) is 11.9. The van der Waals surface area contributed by atoms with Crippen molar-refractivity contribution in [2.45, 2.75) is 13.2 Å². The zero-order chi connectivity index (χ0) is 12.9. The smallest absolute Gasteiger partial charge is 0.137 e. The Morgan fingerprint density at radius 1 is 1.05 bits per heavy atom. The van der Waals surface area contributed by atoms with E-state index in [1.165, 1.54) is 0 Å². The van der Waals surface area contributed by atoms with Crippen molar-refractivity contribution in [3.8, 4) is 0 Å². The molecule has 2 heterocycles. The van der Waals surface area contributed by atoms with Crippen molar-refractivity contribution in [1.82, 2.24) is 14.9 Å². The van der Waals surface area contributed by atoms with Crippen molar-refractivity contribution in [1.29, 1.82) is 0 Å². The Labute approximate surface area is 111 Å². The summed E-state index contributed by atoms with van der Waals surface area (Å²) in [6, 6.07) is 16.0. The average molecular weight is 253 g/mol. The van der Waals surface area contributed by atoms with Gasteiger partial charge in [-0.15, -0.1) is 0 Å². The molecule has 0 bridgehead atoms. The van der Waals surface area contributed by atoms with Crippen LogP contribution in [0, 0.1) is 0 Å². The number of nitrogens with one attached hydrogen (secondary N) is 1. The van der Waals surface area contributed by atoms with Crippen molar-refractivity contribution >= 4 is 5.65 Å². The van der Waals surface area contributed by atoms with Crippen LogP contribution in [0.4, 0.5) is 0 Å². The van der Waals surface area contributed by atoms with E-state index in [2.05, 4.69) is 10.5 Å². The minimum Gasteiger partial charge on any atom is -0.307 e. The zero-order valence-corrected chi connectivity index (χ0v) is 10.5. The third kappa shape index (κ3) is 2.99. The van der Waals surface area contributed by atoms with Gasteiger partial charge in [-0.3, -0.25) is 4.84 Å². The highest BCUT2D eigenvalue weighted by molar-refractivity contribution is 5.39. The number of benzene rings is 1. The Hall–Kier alpha value is -2.17. The molecule has 0 aliphatic heterocycles. The standard InChI is InChI=1S/C15H15N3O/c1-2-6-13(7-3-1)12-19-16-10-14-11-18-9-5-4-8-15(18)17-14/h1-9,11,16H,10,12H2. The highest BCUT2D eigenvalue weighted by atomic mass is 16.6. The van der Waals surface area contributed by atoms with Crippen LogP contribution in [-0.4, -0.2) is 9.38 Å². The van der Waals surface area contributed by atoms with Gasteiger partial charge in [0.05, 0.1) is 18.8 Å². The van der Waals surface area contributed by atoms with Gasteiger partial charge in [-0.1, -0.05) is 36.4 Å². The minimum absolute atomic E-state index is 0.550. The van der Waals surface area contributed by atoms with Crippen molar-refractivity contribution in [3.05, 3.63) is 72.2 Å². The van der Waals surface area contributed by atoms with Crippen LogP contribution in [0.1, 0.15) is 11.3 Å². The van der Waals surface area contributed by atoms with E-state index in [4.69, 9.17) is 4.84 Å². The van der Waals surface area contributed by atoms with Crippen molar-refractivity contribution in [3.63, 3.8) is 0 Å². The summed E-state index contributed by atoms with van der Waals surface area (Å²) >= 11 is 0. The monoisotopic (exact) mass is 253 g/mol. The molecule has 4 heteroatoms. The SMILES string of the molecule is c1ccc(CONCc2cn3ccccc3n2)cc1. The van der Waals surface area contributed by atoms with Gasteiger partial charge in [-0.25, -0.2) is 4.98 Å². The van der Waals surface area contributed by atoms with Gasteiger partial charge in [0.15, 0.2) is 0 Å². The van der Waals surface area contributed by atoms with Crippen LogP contribution in [0.25, 0.3) is 5.65 Å². The van der Waals surface area contributed by atoms with Gasteiger partial charge < -0.3 is 4.40 Å². The van der Waals surface area contributed by atoms with E-state index in [9.17, 15) is 0 Å². The van der Waals surface area contributed by atoms with E-state index in [0.717, 1.165) is 16.9 Å². The minimum atomic E-state index is 0.550. The van der Waals surface area contributed by atoms with Gasteiger partial charge in [0.1, 0.15) is 5.65 Å². The number of aromatic nitrogens is 2. The highest BCUT2D eigenvalue weighted by Crippen LogP contribution is 2.04. The number of hydrogen-bond acceptors (Lipinski definition) is 3. The lowest BCUT2D eigenvalue weighted by Gasteiger charge is -2.03. The summed E-state index contributed by atoms with van der Waals surface area (Å²) in [6.07, 6.45) is 3.98. The van der Waals surface area contributed by atoms with Gasteiger partial charge in [0.25, 0.3) is 0 Å². The van der Waals surface area contributed by atoms with E-state index < -0.39 is 0 Å². The predicted molar refractivity (Wildman–Crippen MR) is 73.3 cm³/mol. The zero-order valence-electron chi connectivity index (χ0n) is 10.5. The van der Waals surface area contributed by atoms with Gasteiger partial charge in [0.2, 0.25) is 0 Å².